The largest absolute Gasteiger partial charge is 0.481 e. The number of carboxylic acids is 1. The Morgan fingerprint density at radius 3 is 2.62 bits per heavy atom. The lowest BCUT2D eigenvalue weighted by Gasteiger charge is -2.21. The van der Waals surface area contributed by atoms with Crippen LogP contribution in [0.2, 0.25) is 0 Å². The predicted octanol–water partition coefficient (Wildman–Crippen LogP) is 1.36. The summed E-state index contributed by atoms with van der Waals surface area (Å²) < 4.78 is 0. The van der Waals surface area contributed by atoms with E-state index in [0.717, 1.165) is 24.3 Å². The molecule has 4 nitrogen and oxygen atoms in total. The minimum absolute atomic E-state index is 0.000541. The van der Waals surface area contributed by atoms with Crippen LogP contribution in [-0.2, 0) is 9.59 Å². The lowest BCUT2D eigenvalue weighted by Crippen LogP contribution is -2.35. The summed E-state index contributed by atoms with van der Waals surface area (Å²) in [6, 6.07) is 0. The number of hydrogen-bond acceptors (Lipinski definition) is 3. The second kappa shape index (κ2) is 6.78. The molecule has 1 heterocycles. The van der Waals surface area contributed by atoms with E-state index in [1.165, 1.54) is 0 Å². The Morgan fingerprint density at radius 1 is 1.44 bits per heavy atom. The van der Waals surface area contributed by atoms with Gasteiger partial charge in [-0.2, -0.15) is 11.8 Å². The average molecular weight is 245 g/mol. The van der Waals surface area contributed by atoms with E-state index < -0.39 is 5.97 Å². The highest BCUT2D eigenvalue weighted by Crippen LogP contribution is 2.22. The molecule has 0 aromatic heterocycles. The van der Waals surface area contributed by atoms with Crippen LogP contribution in [0.3, 0.4) is 0 Å². The molecule has 0 bridgehead atoms. The zero-order valence-corrected chi connectivity index (χ0v) is 10.4. The van der Waals surface area contributed by atoms with Gasteiger partial charge in [-0.3, -0.25) is 9.59 Å². The van der Waals surface area contributed by atoms with E-state index in [0.29, 0.717) is 6.54 Å². The minimum atomic E-state index is -0.809. The smallest absolute Gasteiger partial charge is 0.303 e. The zero-order valence-electron chi connectivity index (χ0n) is 9.57. The molecule has 1 fully saturated rings. The van der Waals surface area contributed by atoms with E-state index in [1.807, 2.05) is 18.7 Å². The van der Waals surface area contributed by atoms with Gasteiger partial charge in [-0.15, -0.1) is 0 Å². The third-order valence-electron chi connectivity index (χ3n) is 2.74. The molecule has 1 rings (SSSR count). The second-order valence-corrected chi connectivity index (χ2v) is 5.56. The van der Waals surface area contributed by atoms with E-state index >= 15 is 0 Å². The fourth-order valence-corrected chi connectivity index (χ4v) is 2.86. The van der Waals surface area contributed by atoms with Gasteiger partial charge >= 0.3 is 5.97 Å². The van der Waals surface area contributed by atoms with Crippen LogP contribution in [-0.4, -0.2) is 35.0 Å². The molecule has 0 saturated carbocycles. The Bertz CT molecular complexity index is 252. The highest BCUT2D eigenvalue weighted by Gasteiger charge is 2.21. The van der Waals surface area contributed by atoms with Gasteiger partial charge in [0.05, 0.1) is 0 Å². The van der Waals surface area contributed by atoms with Gasteiger partial charge in [0.2, 0.25) is 5.91 Å². The van der Waals surface area contributed by atoms with Crippen molar-refractivity contribution < 1.29 is 14.7 Å². The van der Waals surface area contributed by atoms with Crippen molar-refractivity contribution in [3.05, 3.63) is 0 Å². The maximum absolute atomic E-state index is 11.7. The molecule has 5 heteroatoms. The monoisotopic (exact) mass is 245 g/mol. The van der Waals surface area contributed by atoms with Crippen molar-refractivity contribution >= 4 is 23.6 Å². The zero-order chi connectivity index (χ0) is 12.0. The van der Waals surface area contributed by atoms with Crippen LogP contribution in [0.1, 0.15) is 26.2 Å². The van der Waals surface area contributed by atoms with Crippen LogP contribution < -0.4 is 5.32 Å². The lowest BCUT2D eigenvalue weighted by molar-refractivity contribution is -0.138. The molecular weight excluding hydrogens is 226 g/mol. The van der Waals surface area contributed by atoms with Crippen LogP contribution in [0.4, 0.5) is 0 Å². The highest BCUT2D eigenvalue weighted by molar-refractivity contribution is 7.99. The van der Waals surface area contributed by atoms with Gasteiger partial charge in [-0.1, -0.05) is 6.92 Å². The number of nitrogens with one attached hydrogen (secondary N) is 1. The van der Waals surface area contributed by atoms with Crippen LogP contribution in [0, 0.1) is 11.8 Å². The van der Waals surface area contributed by atoms with Crippen molar-refractivity contribution in [1.29, 1.82) is 0 Å². The van der Waals surface area contributed by atoms with Gasteiger partial charge in [0.1, 0.15) is 0 Å². The molecule has 0 spiro atoms. The number of carbonyl (C=O) groups is 2. The van der Waals surface area contributed by atoms with Gasteiger partial charge in [0, 0.05) is 18.9 Å². The van der Waals surface area contributed by atoms with Gasteiger partial charge in [0.15, 0.2) is 0 Å². The number of hydrogen-bond donors (Lipinski definition) is 2. The summed E-state index contributed by atoms with van der Waals surface area (Å²) in [5, 5.41) is 11.4. The van der Waals surface area contributed by atoms with Crippen LogP contribution in [0.25, 0.3) is 0 Å². The quantitative estimate of drug-likeness (QED) is 0.767. The molecule has 16 heavy (non-hydrogen) atoms. The number of aliphatic carboxylic acids is 1. The Kier molecular flexibility index (Phi) is 5.66. The molecule has 1 atom stereocenters. The first kappa shape index (κ1) is 13.4. The summed E-state index contributed by atoms with van der Waals surface area (Å²) in [6.45, 7) is 2.31. The Balaban J connectivity index is 2.20. The predicted molar refractivity (Wildman–Crippen MR) is 64.5 cm³/mol. The summed E-state index contributed by atoms with van der Waals surface area (Å²) >= 11 is 1.89. The molecule has 92 valence electrons. The molecule has 1 amide bonds. The molecule has 0 aliphatic carbocycles. The molecule has 0 aromatic carbocycles. The van der Waals surface area contributed by atoms with Crippen molar-refractivity contribution in [2.75, 3.05) is 18.1 Å². The standard InChI is InChI=1S/C11H19NO3S/c1-8(6-10(13)14)7-12-11(15)9-2-4-16-5-3-9/h8-9H,2-7H2,1H3,(H,12,15)(H,13,14). The molecule has 1 aliphatic rings. The van der Waals surface area contributed by atoms with Gasteiger partial charge in [0.25, 0.3) is 0 Å². The SMILES string of the molecule is CC(CNC(=O)C1CCSCC1)CC(=O)O. The number of carboxylic acid groups (broad SMARTS) is 1. The molecule has 1 aliphatic heterocycles. The summed E-state index contributed by atoms with van der Waals surface area (Å²) in [7, 11) is 0. The summed E-state index contributed by atoms with van der Waals surface area (Å²) in [5.41, 5.74) is 0. The Morgan fingerprint density at radius 2 is 2.06 bits per heavy atom. The Hall–Kier alpha value is -0.710. The van der Waals surface area contributed by atoms with Crippen molar-refractivity contribution in [1.82, 2.24) is 5.32 Å². The van der Waals surface area contributed by atoms with Crippen molar-refractivity contribution in [2.45, 2.75) is 26.2 Å². The number of thioether (sulfide) groups is 1. The number of amides is 1. The summed E-state index contributed by atoms with van der Waals surface area (Å²) in [5.74, 6) is 1.54. The van der Waals surface area contributed by atoms with E-state index in [4.69, 9.17) is 5.11 Å². The van der Waals surface area contributed by atoms with Crippen molar-refractivity contribution in [3.63, 3.8) is 0 Å². The highest BCUT2D eigenvalue weighted by atomic mass is 32.2. The molecule has 1 unspecified atom stereocenters. The molecule has 0 radical (unpaired) electrons. The normalized spacial score (nSPS) is 19.1. The lowest BCUT2D eigenvalue weighted by atomic mass is 10.0. The third-order valence-corrected chi connectivity index (χ3v) is 3.79. The second-order valence-electron chi connectivity index (χ2n) is 4.33. The van der Waals surface area contributed by atoms with E-state index in [-0.39, 0.29) is 24.2 Å². The third kappa shape index (κ3) is 4.88. The minimum Gasteiger partial charge on any atom is -0.481 e. The first-order chi connectivity index (χ1) is 7.59. The van der Waals surface area contributed by atoms with Crippen molar-refractivity contribution in [2.24, 2.45) is 11.8 Å². The maximum atomic E-state index is 11.7. The summed E-state index contributed by atoms with van der Waals surface area (Å²) in [4.78, 5) is 22.2. The van der Waals surface area contributed by atoms with Crippen LogP contribution >= 0.6 is 11.8 Å². The van der Waals surface area contributed by atoms with Gasteiger partial charge in [-0.05, 0) is 30.3 Å². The average Bonchev–Trinajstić information content (AvgIpc) is 2.26. The van der Waals surface area contributed by atoms with Gasteiger partial charge in [-0.25, -0.2) is 0 Å². The number of rotatable bonds is 5. The fraction of sp³-hybridized carbons (Fsp3) is 0.818. The fourth-order valence-electron chi connectivity index (χ4n) is 1.75. The summed E-state index contributed by atoms with van der Waals surface area (Å²) in [6.07, 6.45) is 2.01. The van der Waals surface area contributed by atoms with Crippen LogP contribution in [0.15, 0.2) is 0 Å². The van der Waals surface area contributed by atoms with Crippen LogP contribution in [0.5, 0.6) is 0 Å². The topological polar surface area (TPSA) is 66.4 Å². The first-order valence-corrected chi connectivity index (χ1v) is 6.82. The molecular formula is C11H19NO3S. The van der Waals surface area contributed by atoms with Crippen molar-refractivity contribution in [3.8, 4) is 0 Å². The van der Waals surface area contributed by atoms with E-state index in [2.05, 4.69) is 5.32 Å². The Labute approximate surface area is 100 Å². The molecule has 2 N–H and O–H groups in total. The first-order valence-electron chi connectivity index (χ1n) is 5.67. The van der Waals surface area contributed by atoms with E-state index in [1.54, 1.807) is 0 Å². The van der Waals surface area contributed by atoms with Gasteiger partial charge < -0.3 is 10.4 Å². The molecule has 1 saturated heterocycles. The van der Waals surface area contributed by atoms with E-state index in [9.17, 15) is 9.59 Å². The maximum Gasteiger partial charge on any atom is 0.303 e. The number of carbonyl (C=O) groups excluding carboxylic acids is 1. The molecule has 0 aromatic rings.